The van der Waals surface area contributed by atoms with Crippen molar-refractivity contribution in [1.29, 1.82) is 0 Å². The molecule has 0 saturated heterocycles. The highest BCUT2D eigenvalue weighted by atomic mass is 35.5. The quantitative estimate of drug-likeness (QED) is 0.796. The van der Waals surface area contributed by atoms with Crippen LogP contribution in [-0.4, -0.2) is 32.4 Å². The highest BCUT2D eigenvalue weighted by Gasteiger charge is 2.15. The number of hydrogen-bond acceptors (Lipinski definition) is 5. The Hall–Kier alpha value is -1.56. The molecule has 0 amide bonds. The second-order valence-corrected chi connectivity index (χ2v) is 4.58. The first-order valence-electron chi connectivity index (χ1n) is 6.22. The largest absolute Gasteiger partial charge is 0.496 e. The number of aromatic nitrogens is 1. The molecule has 108 valence electrons. The Balaban J connectivity index is 2.21. The molecule has 1 aromatic carbocycles. The third kappa shape index (κ3) is 3.50. The number of rotatable bonds is 7. The van der Waals surface area contributed by atoms with E-state index in [0.29, 0.717) is 29.7 Å². The Morgan fingerprint density at radius 1 is 1.35 bits per heavy atom. The van der Waals surface area contributed by atoms with Crippen molar-refractivity contribution < 1.29 is 13.9 Å². The van der Waals surface area contributed by atoms with Gasteiger partial charge in [0, 0.05) is 25.2 Å². The lowest BCUT2D eigenvalue weighted by Crippen LogP contribution is -2.19. The van der Waals surface area contributed by atoms with Crippen LogP contribution >= 0.6 is 11.6 Å². The molecule has 0 aliphatic rings. The Morgan fingerprint density at radius 2 is 2.20 bits per heavy atom. The summed E-state index contributed by atoms with van der Waals surface area (Å²) >= 11 is 6.04. The van der Waals surface area contributed by atoms with Gasteiger partial charge in [0.25, 0.3) is 0 Å². The van der Waals surface area contributed by atoms with E-state index in [-0.39, 0.29) is 0 Å². The van der Waals surface area contributed by atoms with E-state index in [0.717, 1.165) is 17.8 Å². The highest BCUT2D eigenvalue weighted by Crippen LogP contribution is 2.34. The van der Waals surface area contributed by atoms with Crippen LogP contribution in [0.5, 0.6) is 5.75 Å². The van der Waals surface area contributed by atoms with Crippen LogP contribution in [0.1, 0.15) is 5.69 Å². The van der Waals surface area contributed by atoms with Gasteiger partial charge in [-0.25, -0.2) is 4.98 Å². The minimum atomic E-state index is 0.588. The zero-order chi connectivity index (χ0) is 14.4. The lowest BCUT2D eigenvalue weighted by Gasteiger charge is -2.08. The summed E-state index contributed by atoms with van der Waals surface area (Å²) in [6.45, 7) is 1.98. The monoisotopic (exact) mass is 296 g/mol. The maximum Gasteiger partial charge on any atom is 0.181 e. The number of ether oxygens (including phenoxy) is 2. The SMILES string of the molecule is COCCNCc1ncoc1-c1cc(Cl)ccc1OC. The summed E-state index contributed by atoms with van der Waals surface area (Å²) in [5, 5.41) is 3.85. The van der Waals surface area contributed by atoms with Gasteiger partial charge in [-0.3, -0.25) is 0 Å². The summed E-state index contributed by atoms with van der Waals surface area (Å²) < 4.78 is 15.8. The molecule has 2 rings (SSSR count). The average Bonchev–Trinajstić information content (AvgIpc) is 2.92. The van der Waals surface area contributed by atoms with Crippen molar-refractivity contribution >= 4 is 11.6 Å². The molecule has 1 aromatic heterocycles. The summed E-state index contributed by atoms with van der Waals surface area (Å²) in [4.78, 5) is 4.23. The molecule has 2 aromatic rings. The Kier molecular flexibility index (Phi) is 5.40. The third-order valence-corrected chi connectivity index (χ3v) is 3.06. The molecule has 0 aliphatic heterocycles. The summed E-state index contributed by atoms with van der Waals surface area (Å²) in [5.74, 6) is 1.36. The predicted octanol–water partition coefficient (Wildman–Crippen LogP) is 2.74. The number of benzene rings is 1. The van der Waals surface area contributed by atoms with Gasteiger partial charge in [0.15, 0.2) is 12.2 Å². The second kappa shape index (κ2) is 7.28. The van der Waals surface area contributed by atoms with E-state index in [1.807, 2.05) is 6.07 Å². The van der Waals surface area contributed by atoms with E-state index < -0.39 is 0 Å². The van der Waals surface area contributed by atoms with Gasteiger partial charge >= 0.3 is 0 Å². The molecule has 1 heterocycles. The highest BCUT2D eigenvalue weighted by molar-refractivity contribution is 6.30. The van der Waals surface area contributed by atoms with Gasteiger partial charge < -0.3 is 19.2 Å². The number of nitrogens with one attached hydrogen (secondary N) is 1. The van der Waals surface area contributed by atoms with E-state index in [4.69, 9.17) is 25.5 Å². The number of nitrogens with zero attached hydrogens (tertiary/aromatic N) is 1. The molecule has 0 saturated carbocycles. The first kappa shape index (κ1) is 14.8. The van der Waals surface area contributed by atoms with E-state index in [9.17, 15) is 0 Å². The molecule has 0 aliphatic carbocycles. The first-order valence-corrected chi connectivity index (χ1v) is 6.60. The standard InChI is InChI=1S/C14H17ClN2O3/c1-18-6-5-16-8-12-14(20-9-17-12)11-7-10(15)3-4-13(11)19-2/h3-4,7,9,16H,5-6,8H2,1-2H3. The Bertz CT molecular complexity index is 557. The topological polar surface area (TPSA) is 56.5 Å². The van der Waals surface area contributed by atoms with Gasteiger partial charge in [0.05, 0.1) is 19.3 Å². The van der Waals surface area contributed by atoms with Crippen molar-refractivity contribution in [2.45, 2.75) is 6.54 Å². The molecule has 20 heavy (non-hydrogen) atoms. The van der Waals surface area contributed by atoms with Crippen LogP contribution in [-0.2, 0) is 11.3 Å². The lowest BCUT2D eigenvalue weighted by molar-refractivity contribution is 0.199. The van der Waals surface area contributed by atoms with Crippen LogP contribution in [0.3, 0.4) is 0 Å². The van der Waals surface area contributed by atoms with Crippen molar-refractivity contribution in [3.63, 3.8) is 0 Å². The molecule has 0 spiro atoms. The van der Waals surface area contributed by atoms with E-state index >= 15 is 0 Å². The van der Waals surface area contributed by atoms with Crippen LogP contribution in [0.2, 0.25) is 5.02 Å². The fourth-order valence-corrected chi connectivity index (χ4v) is 2.02. The van der Waals surface area contributed by atoms with Gasteiger partial charge in [0.1, 0.15) is 11.4 Å². The van der Waals surface area contributed by atoms with Gasteiger partial charge in [-0.2, -0.15) is 0 Å². The summed E-state index contributed by atoms with van der Waals surface area (Å²) in [5.41, 5.74) is 1.60. The molecule has 0 bridgehead atoms. The van der Waals surface area contributed by atoms with Crippen LogP contribution < -0.4 is 10.1 Å². The van der Waals surface area contributed by atoms with Crippen LogP contribution in [0.15, 0.2) is 29.0 Å². The smallest absolute Gasteiger partial charge is 0.181 e. The van der Waals surface area contributed by atoms with Gasteiger partial charge in [-0.15, -0.1) is 0 Å². The fourth-order valence-electron chi connectivity index (χ4n) is 1.85. The van der Waals surface area contributed by atoms with Crippen molar-refractivity contribution in [3.05, 3.63) is 35.3 Å². The first-order chi connectivity index (χ1) is 9.76. The molecule has 0 fully saturated rings. The maximum atomic E-state index is 6.04. The summed E-state index contributed by atoms with van der Waals surface area (Å²) in [6, 6.07) is 5.39. The summed E-state index contributed by atoms with van der Waals surface area (Å²) in [7, 11) is 3.28. The molecule has 0 unspecified atom stereocenters. The van der Waals surface area contributed by atoms with Gasteiger partial charge in [-0.05, 0) is 18.2 Å². The molecular formula is C14H17ClN2O3. The Morgan fingerprint density at radius 3 is 2.95 bits per heavy atom. The normalized spacial score (nSPS) is 10.8. The Labute approximate surface area is 122 Å². The number of hydrogen-bond donors (Lipinski definition) is 1. The summed E-state index contributed by atoms with van der Waals surface area (Å²) in [6.07, 6.45) is 1.42. The molecule has 6 heteroatoms. The van der Waals surface area contributed by atoms with Crippen molar-refractivity contribution in [3.8, 4) is 17.1 Å². The maximum absolute atomic E-state index is 6.04. The zero-order valence-corrected chi connectivity index (χ0v) is 12.2. The zero-order valence-electron chi connectivity index (χ0n) is 11.5. The van der Waals surface area contributed by atoms with Gasteiger partial charge in [0.2, 0.25) is 0 Å². The molecule has 1 N–H and O–H groups in total. The van der Waals surface area contributed by atoms with E-state index in [1.165, 1.54) is 6.39 Å². The second-order valence-electron chi connectivity index (χ2n) is 4.14. The molecular weight excluding hydrogens is 280 g/mol. The fraction of sp³-hybridized carbons (Fsp3) is 0.357. The van der Waals surface area contributed by atoms with Crippen molar-refractivity contribution in [1.82, 2.24) is 10.3 Å². The molecule has 5 nitrogen and oxygen atoms in total. The minimum Gasteiger partial charge on any atom is -0.496 e. The third-order valence-electron chi connectivity index (χ3n) is 2.82. The van der Waals surface area contributed by atoms with E-state index in [2.05, 4.69) is 10.3 Å². The van der Waals surface area contributed by atoms with Crippen LogP contribution in [0.25, 0.3) is 11.3 Å². The van der Waals surface area contributed by atoms with Crippen molar-refractivity contribution in [2.75, 3.05) is 27.4 Å². The lowest BCUT2D eigenvalue weighted by atomic mass is 10.1. The van der Waals surface area contributed by atoms with E-state index in [1.54, 1.807) is 26.4 Å². The van der Waals surface area contributed by atoms with Crippen molar-refractivity contribution in [2.24, 2.45) is 0 Å². The van der Waals surface area contributed by atoms with Crippen LogP contribution in [0.4, 0.5) is 0 Å². The van der Waals surface area contributed by atoms with Crippen LogP contribution in [0, 0.1) is 0 Å². The molecule has 0 radical (unpaired) electrons. The number of methoxy groups -OCH3 is 2. The molecule has 0 atom stereocenters. The number of oxazole rings is 1. The minimum absolute atomic E-state index is 0.588. The average molecular weight is 297 g/mol. The van der Waals surface area contributed by atoms with Gasteiger partial charge in [-0.1, -0.05) is 11.6 Å². The number of halogens is 1. The predicted molar refractivity (Wildman–Crippen MR) is 77.1 cm³/mol.